The van der Waals surface area contributed by atoms with E-state index in [4.69, 9.17) is 10.3 Å². The molecule has 0 bridgehead atoms. The smallest absolute Gasteiger partial charge is 0.302 e. The van der Waals surface area contributed by atoms with Crippen LogP contribution in [-0.2, 0) is 9.53 Å². The van der Waals surface area contributed by atoms with Gasteiger partial charge in [-0.25, -0.2) is 0 Å². The number of azide groups is 1. The Bertz CT molecular complexity index is 761. The molecule has 0 unspecified atom stereocenters. The molecule has 4 aliphatic rings. The summed E-state index contributed by atoms with van der Waals surface area (Å²) in [4.78, 5) is 14.3. The van der Waals surface area contributed by atoms with Crippen LogP contribution in [0.25, 0.3) is 10.4 Å². The first-order valence-electron chi connectivity index (χ1n) is 11.8. The third-order valence-electron chi connectivity index (χ3n) is 9.52. The lowest BCUT2D eigenvalue weighted by Crippen LogP contribution is -2.51. The fourth-order valence-corrected chi connectivity index (χ4v) is 8.07. The number of carbonyl (C=O) groups is 1. The number of ether oxygens (including phenoxy) is 1. The van der Waals surface area contributed by atoms with Crippen LogP contribution in [0.5, 0.6) is 0 Å². The Morgan fingerprint density at radius 3 is 2.83 bits per heavy atom. The Morgan fingerprint density at radius 1 is 1.30 bits per heavy atom. The second-order valence-corrected chi connectivity index (χ2v) is 10.8. The van der Waals surface area contributed by atoms with Gasteiger partial charge in [0.2, 0.25) is 0 Å². The zero-order valence-corrected chi connectivity index (χ0v) is 18.7. The fraction of sp³-hybridized carbons (Fsp3) is 0.875. The number of carbonyl (C=O) groups excluding carboxylic acids is 1. The average molecular weight is 416 g/mol. The van der Waals surface area contributed by atoms with Gasteiger partial charge in [0.15, 0.2) is 0 Å². The van der Waals surface area contributed by atoms with Gasteiger partial charge in [-0.2, -0.15) is 0 Å². The summed E-state index contributed by atoms with van der Waals surface area (Å²) in [6.45, 7) is 6.78. The van der Waals surface area contributed by atoms with Gasteiger partial charge in [0, 0.05) is 24.8 Å². The van der Waals surface area contributed by atoms with E-state index in [2.05, 4.69) is 29.9 Å². The number of nitrogens with zero attached hydrogens (tertiary/aromatic N) is 3. The van der Waals surface area contributed by atoms with Crippen molar-refractivity contribution < 1.29 is 14.6 Å². The zero-order chi connectivity index (χ0) is 21.5. The molecule has 0 saturated heterocycles. The molecular weight excluding hydrogens is 378 g/mol. The highest BCUT2D eigenvalue weighted by molar-refractivity contribution is 5.66. The lowest BCUT2D eigenvalue weighted by atomic mass is 9.47. The fourth-order valence-electron chi connectivity index (χ4n) is 8.07. The molecule has 3 saturated carbocycles. The Labute approximate surface area is 180 Å². The summed E-state index contributed by atoms with van der Waals surface area (Å²) >= 11 is 0. The molecule has 0 amide bonds. The maximum absolute atomic E-state index is 11.4. The molecule has 6 heteroatoms. The highest BCUT2D eigenvalue weighted by atomic mass is 16.5. The van der Waals surface area contributed by atoms with Crippen LogP contribution in [-0.4, -0.2) is 29.8 Å². The molecular formula is C24H37N3O3. The molecule has 0 aliphatic heterocycles. The van der Waals surface area contributed by atoms with Crippen LogP contribution in [0.2, 0.25) is 0 Å². The van der Waals surface area contributed by atoms with Crippen molar-refractivity contribution in [2.75, 3.05) is 6.54 Å². The molecule has 3 fully saturated rings. The summed E-state index contributed by atoms with van der Waals surface area (Å²) in [5.74, 6) is 2.21. The van der Waals surface area contributed by atoms with Crippen LogP contribution in [0.1, 0.15) is 78.6 Å². The minimum absolute atomic E-state index is 0.0503. The van der Waals surface area contributed by atoms with Crippen molar-refractivity contribution in [1.82, 2.24) is 0 Å². The summed E-state index contributed by atoms with van der Waals surface area (Å²) in [5, 5.41) is 14.5. The number of esters is 1. The van der Waals surface area contributed by atoms with Crippen LogP contribution < -0.4 is 0 Å². The Hall–Kier alpha value is -1.52. The van der Waals surface area contributed by atoms with E-state index in [-0.39, 0.29) is 29.0 Å². The second kappa shape index (κ2) is 8.20. The van der Waals surface area contributed by atoms with Crippen molar-refractivity contribution in [3.8, 4) is 0 Å². The summed E-state index contributed by atoms with van der Waals surface area (Å²) in [7, 11) is 0. The quantitative estimate of drug-likeness (QED) is 0.209. The van der Waals surface area contributed by atoms with Gasteiger partial charge < -0.3 is 9.84 Å². The third-order valence-corrected chi connectivity index (χ3v) is 9.52. The molecule has 0 aromatic carbocycles. The Morgan fingerprint density at radius 2 is 2.10 bits per heavy atom. The van der Waals surface area contributed by atoms with Gasteiger partial charge in [-0.15, -0.1) is 0 Å². The average Bonchev–Trinajstić information content (AvgIpc) is 3.05. The van der Waals surface area contributed by atoms with Crippen LogP contribution in [0.3, 0.4) is 0 Å². The predicted molar refractivity (Wildman–Crippen MR) is 115 cm³/mol. The maximum atomic E-state index is 11.4. The Balaban J connectivity index is 1.51. The first-order chi connectivity index (χ1) is 14.3. The largest absolute Gasteiger partial charge is 0.462 e. The van der Waals surface area contributed by atoms with E-state index in [1.54, 1.807) is 0 Å². The molecule has 4 aliphatic carbocycles. The third kappa shape index (κ3) is 3.56. The van der Waals surface area contributed by atoms with Crippen molar-refractivity contribution in [3.63, 3.8) is 0 Å². The van der Waals surface area contributed by atoms with Crippen LogP contribution in [0.15, 0.2) is 16.8 Å². The molecule has 0 heterocycles. The molecule has 8 atom stereocenters. The lowest BCUT2D eigenvalue weighted by Gasteiger charge is -2.58. The SMILES string of the molecule is CC(=O)O[C@H]1CC[C@@]2(C)C(=CC[C@H]3[C@@H]4CC[C@H]([C@@H](O)CCN=[N+]=[N-])[C@@]4(C)CC[C@@H]32)C1. The van der Waals surface area contributed by atoms with E-state index in [0.717, 1.165) is 32.1 Å². The normalized spacial score (nSPS) is 43.3. The van der Waals surface area contributed by atoms with E-state index >= 15 is 0 Å². The molecule has 166 valence electrons. The minimum atomic E-state index is -0.369. The first-order valence-corrected chi connectivity index (χ1v) is 11.8. The van der Waals surface area contributed by atoms with Gasteiger partial charge in [0.05, 0.1) is 6.10 Å². The number of hydrogen-bond acceptors (Lipinski definition) is 4. The van der Waals surface area contributed by atoms with E-state index < -0.39 is 0 Å². The maximum Gasteiger partial charge on any atom is 0.302 e. The van der Waals surface area contributed by atoms with Gasteiger partial charge in [-0.1, -0.05) is 30.6 Å². The summed E-state index contributed by atoms with van der Waals surface area (Å²) in [6.07, 6.45) is 11.5. The number of rotatable bonds is 5. The number of aliphatic hydroxyl groups is 1. The van der Waals surface area contributed by atoms with E-state index in [1.807, 2.05) is 0 Å². The number of hydrogen-bond donors (Lipinski definition) is 1. The van der Waals surface area contributed by atoms with E-state index in [1.165, 1.54) is 31.8 Å². The van der Waals surface area contributed by atoms with E-state index in [0.29, 0.717) is 36.6 Å². The molecule has 4 rings (SSSR count). The summed E-state index contributed by atoms with van der Waals surface area (Å²) in [5.41, 5.74) is 10.5. The zero-order valence-electron chi connectivity index (χ0n) is 18.7. The van der Waals surface area contributed by atoms with Gasteiger partial charge in [-0.05, 0) is 91.4 Å². The minimum Gasteiger partial charge on any atom is -0.462 e. The topological polar surface area (TPSA) is 95.3 Å². The molecule has 0 aromatic heterocycles. The number of fused-ring (bicyclic) bond motifs is 5. The van der Waals surface area contributed by atoms with Gasteiger partial charge in [-0.3, -0.25) is 4.79 Å². The van der Waals surface area contributed by atoms with Crippen molar-refractivity contribution in [2.24, 2.45) is 39.6 Å². The predicted octanol–water partition coefficient (Wildman–Crippen LogP) is 5.56. The number of allylic oxidation sites excluding steroid dienone is 1. The Kier molecular flexibility index (Phi) is 5.93. The highest BCUT2D eigenvalue weighted by Gasteiger charge is 2.59. The van der Waals surface area contributed by atoms with Crippen molar-refractivity contribution in [1.29, 1.82) is 0 Å². The molecule has 0 aromatic rings. The molecule has 0 radical (unpaired) electrons. The van der Waals surface area contributed by atoms with Crippen molar-refractivity contribution in [2.45, 2.75) is 90.8 Å². The van der Waals surface area contributed by atoms with Crippen molar-refractivity contribution >= 4 is 5.97 Å². The van der Waals surface area contributed by atoms with Crippen LogP contribution >= 0.6 is 0 Å². The monoisotopic (exact) mass is 415 g/mol. The number of aliphatic hydroxyl groups excluding tert-OH is 1. The summed E-state index contributed by atoms with van der Waals surface area (Å²) in [6, 6.07) is 0. The van der Waals surface area contributed by atoms with E-state index in [9.17, 15) is 9.90 Å². The van der Waals surface area contributed by atoms with Crippen LogP contribution in [0.4, 0.5) is 0 Å². The van der Waals surface area contributed by atoms with Gasteiger partial charge in [0.25, 0.3) is 0 Å². The van der Waals surface area contributed by atoms with Crippen molar-refractivity contribution in [3.05, 3.63) is 22.1 Å². The highest BCUT2D eigenvalue weighted by Crippen LogP contribution is 2.66. The molecule has 1 N–H and O–H groups in total. The standard InChI is InChI=1S/C24H37N3O3/c1-15(28)30-17-8-11-23(2)16(14-17)4-5-18-19-6-7-21(22(29)10-13-26-27-25)24(19,3)12-9-20(18)23/h4,17-22,29H,5-14H2,1-3H3/t17-,18-,19-,20-,21+,22-,23-,24-/m0/s1. The molecule has 30 heavy (non-hydrogen) atoms. The van der Waals surface area contributed by atoms with Gasteiger partial charge >= 0.3 is 5.97 Å². The molecule has 0 spiro atoms. The van der Waals surface area contributed by atoms with Gasteiger partial charge in [0.1, 0.15) is 6.10 Å². The second-order valence-electron chi connectivity index (χ2n) is 10.8. The molecule has 6 nitrogen and oxygen atoms in total. The van der Waals surface area contributed by atoms with Crippen LogP contribution in [0, 0.1) is 34.5 Å². The first kappa shape index (κ1) is 21.7. The summed E-state index contributed by atoms with van der Waals surface area (Å²) < 4.78 is 5.55. The lowest BCUT2D eigenvalue weighted by molar-refractivity contribution is -0.148.